The van der Waals surface area contributed by atoms with E-state index in [9.17, 15) is 4.79 Å². The van der Waals surface area contributed by atoms with E-state index < -0.39 is 0 Å². The molecule has 0 saturated heterocycles. The van der Waals surface area contributed by atoms with Crippen LogP contribution in [-0.4, -0.2) is 37.2 Å². The quantitative estimate of drug-likeness (QED) is 0.351. The highest BCUT2D eigenvalue weighted by molar-refractivity contribution is 5.79. The fraction of sp³-hybridized carbons (Fsp3) is 0.429. The van der Waals surface area contributed by atoms with Gasteiger partial charge in [0.15, 0.2) is 5.82 Å². The molecule has 190 valence electrons. The highest BCUT2D eigenvalue weighted by Crippen LogP contribution is 2.30. The molecule has 2 aromatic heterocycles. The van der Waals surface area contributed by atoms with E-state index in [1.165, 1.54) is 0 Å². The average molecular weight is 489 g/mol. The molecule has 1 atom stereocenters. The number of aryl methyl sites for hydroxylation is 1. The Labute approximate surface area is 212 Å². The van der Waals surface area contributed by atoms with E-state index in [1.807, 2.05) is 35.0 Å². The first-order chi connectivity index (χ1) is 17.2. The molecular formula is C28H36N6O2. The number of fused-ring (bicyclic) bond motifs is 1. The molecule has 0 radical (unpaired) electrons. The number of benzene rings is 2. The molecule has 2 aromatic carbocycles. The zero-order chi connectivity index (χ0) is 25.9. The van der Waals surface area contributed by atoms with Gasteiger partial charge in [0.2, 0.25) is 0 Å². The number of rotatable bonds is 9. The van der Waals surface area contributed by atoms with E-state index in [0.717, 1.165) is 52.0 Å². The van der Waals surface area contributed by atoms with Gasteiger partial charge in [-0.15, -0.1) is 5.10 Å². The van der Waals surface area contributed by atoms with Crippen molar-refractivity contribution in [3.05, 3.63) is 81.4 Å². The molecule has 0 saturated carbocycles. The van der Waals surface area contributed by atoms with Gasteiger partial charge in [0.1, 0.15) is 5.75 Å². The van der Waals surface area contributed by atoms with E-state index in [-0.39, 0.29) is 17.1 Å². The molecule has 4 aromatic rings. The Morgan fingerprint density at radius 3 is 2.50 bits per heavy atom. The predicted octanol–water partition coefficient (Wildman–Crippen LogP) is 5.13. The maximum atomic E-state index is 13.1. The summed E-state index contributed by atoms with van der Waals surface area (Å²) in [5.74, 6) is 1.62. The first kappa shape index (κ1) is 25.6. The minimum absolute atomic E-state index is 0.0704. The van der Waals surface area contributed by atoms with E-state index in [0.29, 0.717) is 13.1 Å². The third-order valence-electron chi connectivity index (χ3n) is 6.42. The summed E-state index contributed by atoms with van der Waals surface area (Å²) < 4.78 is 7.25. The van der Waals surface area contributed by atoms with Gasteiger partial charge in [-0.05, 0) is 85.8 Å². The zero-order valence-electron chi connectivity index (χ0n) is 22.1. The Morgan fingerprint density at radius 1 is 1.08 bits per heavy atom. The Morgan fingerprint density at radius 2 is 1.83 bits per heavy atom. The Hall–Kier alpha value is -3.52. The van der Waals surface area contributed by atoms with Crippen LogP contribution in [0.15, 0.2) is 53.3 Å². The largest absolute Gasteiger partial charge is 0.497 e. The highest BCUT2D eigenvalue weighted by atomic mass is 16.5. The second kappa shape index (κ2) is 10.6. The molecule has 0 aliphatic heterocycles. The standard InChI is InChI=1S/C28H36N6O2/c1-7-8-25(26-30-31-32-34(26)28(3,4)5)33(17-20-10-12-23(36-6)13-11-20)18-22-16-21-15-19(2)9-14-24(21)29-27(22)35/h9-16,25H,7-8,17-18H2,1-6H3,(H,29,35)/t25-/m1/s1. The van der Waals surface area contributed by atoms with Crippen LogP contribution in [0.25, 0.3) is 10.9 Å². The van der Waals surface area contributed by atoms with Crippen molar-refractivity contribution < 1.29 is 4.74 Å². The molecule has 36 heavy (non-hydrogen) atoms. The summed E-state index contributed by atoms with van der Waals surface area (Å²) in [6.45, 7) is 11.6. The summed E-state index contributed by atoms with van der Waals surface area (Å²) in [5.41, 5.74) is 3.50. The van der Waals surface area contributed by atoms with Crippen LogP contribution in [0.1, 0.15) is 69.1 Å². The number of nitrogens with one attached hydrogen (secondary N) is 1. The van der Waals surface area contributed by atoms with Gasteiger partial charge in [0.25, 0.3) is 5.56 Å². The van der Waals surface area contributed by atoms with Gasteiger partial charge in [-0.25, -0.2) is 4.68 Å². The number of ether oxygens (including phenoxy) is 1. The maximum Gasteiger partial charge on any atom is 0.252 e. The summed E-state index contributed by atoms with van der Waals surface area (Å²) in [5, 5.41) is 13.9. The predicted molar refractivity (Wildman–Crippen MR) is 142 cm³/mol. The lowest BCUT2D eigenvalue weighted by Crippen LogP contribution is -2.35. The number of hydrogen-bond donors (Lipinski definition) is 1. The number of pyridine rings is 1. The van der Waals surface area contributed by atoms with Crippen LogP contribution in [0.2, 0.25) is 0 Å². The Balaban J connectivity index is 1.78. The van der Waals surface area contributed by atoms with Crippen LogP contribution in [0, 0.1) is 6.92 Å². The van der Waals surface area contributed by atoms with Crippen LogP contribution in [0.4, 0.5) is 0 Å². The minimum atomic E-state index is -0.269. The van der Waals surface area contributed by atoms with Crippen molar-refractivity contribution in [3.63, 3.8) is 0 Å². The third-order valence-corrected chi connectivity index (χ3v) is 6.42. The summed E-state index contributed by atoms with van der Waals surface area (Å²) in [6.07, 6.45) is 1.81. The number of aromatic nitrogens is 5. The molecule has 0 fully saturated rings. The highest BCUT2D eigenvalue weighted by Gasteiger charge is 2.30. The van der Waals surface area contributed by atoms with Gasteiger partial charge in [-0.3, -0.25) is 9.69 Å². The minimum Gasteiger partial charge on any atom is -0.497 e. The lowest BCUT2D eigenvalue weighted by molar-refractivity contribution is 0.148. The molecule has 0 amide bonds. The van der Waals surface area contributed by atoms with Crippen LogP contribution in [0.3, 0.4) is 0 Å². The summed E-state index contributed by atoms with van der Waals surface area (Å²) >= 11 is 0. The molecule has 8 nitrogen and oxygen atoms in total. The summed E-state index contributed by atoms with van der Waals surface area (Å²) in [7, 11) is 1.67. The fourth-order valence-electron chi connectivity index (χ4n) is 4.58. The van der Waals surface area contributed by atoms with E-state index >= 15 is 0 Å². The van der Waals surface area contributed by atoms with Gasteiger partial charge in [0, 0.05) is 24.2 Å². The van der Waals surface area contributed by atoms with Crippen molar-refractivity contribution in [3.8, 4) is 5.75 Å². The normalized spacial score (nSPS) is 12.9. The Bertz CT molecular complexity index is 1370. The number of H-pyrrole nitrogens is 1. The van der Waals surface area contributed by atoms with Crippen molar-refractivity contribution in [1.29, 1.82) is 0 Å². The van der Waals surface area contributed by atoms with Crippen molar-refractivity contribution in [2.24, 2.45) is 0 Å². The molecule has 0 bridgehead atoms. The molecule has 8 heteroatoms. The molecule has 0 spiro atoms. The lowest BCUT2D eigenvalue weighted by Gasteiger charge is -2.33. The number of methoxy groups -OCH3 is 1. The van der Waals surface area contributed by atoms with Crippen LogP contribution in [0.5, 0.6) is 5.75 Å². The zero-order valence-corrected chi connectivity index (χ0v) is 22.1. The monoisotopic (exact) mass is 488 g/mol. The number of tetrazole rings is 1. The molecule has 0 aliphatic rings. The average Bonchev–Trinajstić information content (AvgIpc) is 3.34. The molecule has 1 N–H and O–H groups in total. The number of hydrogen-bond acceptors (Lipinski definition) is 6. The van der Waals surface area contributed by atoms with Gasteiger partial charge in [-0.2, -0.15) is 0 Å². The number of aromatic amines is 1. The van der Waals surface area contributed by atoms with E-state index in [1.54, 1.807) is 7.11 Å². The summed E-state index contributed by atoms with van der Waals surface area (Å²) in [4.78, 5) is 18.5. The van der Waals surface area contributed by atoms with E-state index in [2.05, 4.69) is 78.2 Å². The molecule has 2 heterocycles. The van der Waals surface area contributed by atoms with Crippen LogP contribution < -0.4 is 10.3 Å². The summed E-state index contributed by atoms with van der Waals surface area (Å²) in [6, 6.07) is 16.1. The van der Waals surface area contributed by atoms with Crippen molar-refractivity contribution in [1.82, 2.24) is 30.1 Å². The van der Waals surface area contributed by atoms with Crippen molar-refractivity contribution in [2.75, 3.05) is 7.11 Å². The molecule has 4 rings (SSSR count). The van der Waals surface area contributed by atoms with Crippen LogP contribution in [-0.2, 0) is 18.6 Å². The lowest BCUT2D eigenvalue weighted by atomic mass is 10.0. The molecular weight excluding hydrogens is 452 g/mol. The second-order valence-electron chi connectivity index (χ2n) is 10.4. The SMILES string of the molecule is CCC[C@H](c1nnnn1C(C)(C)C)N(Cc1ccc(OC)cc1)Cc1cc2cc(C)ccc2[nH]c1=O. The number of nitrogens with zero attached hydrogens (tertiary/aromatic N) is 5. The topological polar surface area (TPSA) is 88.9 Å². The fourth-order valence-corrected chi connectivity index (χ4v) is 4.58. The molecule has 0 aliphatic carbocycles. The van der Waals surface area contributed by atoms with Gasteiger partial charge in [-0.1, -0.05) is 37.1 Å². The van der Waals surface area contributed by atoms with Crippen molar-refractivity contribution >= 4 is 10.9 Å². The van der Waals surface area contributed by atoms with Crippen LogP contribution >= 0.6 is 0 Å². The first-order valence-electron chi connectivity index (χ1n) is 12.5. The van der Waals surface area contributed by atoms with Gasteiger partial charge >= 0.3 is 0 Å². The van der Waals surface area contributed by atoms with Crippen molar-refractivity contribution in [2.45, 2.75) is 72.1 Å². The van der Waals surface area contributed by atoms with Gasteiger partial charge < -0.3 is 9.72 Å². The van der Waals surface area contributed by atoms with E-state index in [4.69, 9.17) is 4.74 Å². The Kier molecular flexibility index (Phi) is 7.54. The second-order valence-corrected chi connectivity index (χ2v) is 10.4. The third kappa shape index (κ3) is 5.65. The smallest absolute Gasteiger partial charge is 0.252 e. The van der Waals surface area contributed by atoms with Gasteiger partial charge in [0.05, 0.1) is 18.7 Å². The molecule has 0 unspecified atom stereocenters. The first-order valence-corrected chi connectivity index (χ1v) is 12.5. The maximum absolute atomic E-state index is 13.1.